The SMILES string of the molecule is CCOc1ccc(-n2c(SCc3cc(=O)oc4c(C)c(C)ccc34)nc3ccccc32)cc1. The van der Waals surface area contributed by atoms with Gasteiger partial charge in [0.1, 0.15) is 11.3 Å². The van der Waals surface area contributed by atoms with E-state index in [0.717, 1.165) is 49.7 Å². The predicted octanol–water partition coefficient (Wildman–Crippen LogP) is 6.44. The van der Waals surface area contributed by atoms with Crippen LogP contribution in [0, 0.1) is 13.8 Å². The van der Waals surface area contributed by atoms with Crippen molar-refractivity contribution < 1.29 is 9.15 Å². The smallest absolute Gasteiger partial charge is 0.336 e. The normalized spacial score (nSPS) is 11.4. The summed E-state index contributed by atoms with van der Waals surface area (Å²) in [6.45, 7) is 6.62. The van der Waals surface area contributed by atoms with Crippen molar-refractivity contribution in [2.75, 3.05) is 6.61 Å². The quantitative estimate of drug-likeness (QED) is 0.217. The highest BCUT2D eigenvalue weighted by Gasteiger charge is 2.15. The number of hydrogen-bond donors (Lipinski definition) is 0. The molecule has 0 aliphatic carbocycles. The minimum absolute atomic E-state index is 0.327. The molecule has 0 aliphatic heterocycles. The number of benzene rings is 3. The molecule has 0 fully saturated rings. The van der Waals surface area contributed by atoms with Crippen molar-refractivity contribution in [3.8, 4) is 11.4 Å². The topological polar surface area (TPSA) is 57.3 Å². The minimum Gasteiger partial charge on any atom is -0.494 e. The number of imidazole rings is 1. The van der Waals surface area contributed by atoms with Crippen molar-refractivity contribution in [1.82, 2.24) is 9.55 Å². The lowest BCUT2D eigenvalue weighted by atomic mass is 10.0. The van der Waals surface area contributed by atoms with E-state index in [2.05, 4.69) is 16.7 Å². The molecule has 33 heavy (non-hydrogen) atoms. The second-order valence-electron chi connectivity index (χ2n) is 7.91. The number of nitrogens with zero attached hydrogens (tertiary/aromatic N) is 2. The molecule has 0 amide bonds. The van der Waals surface area contributed by atoms with E-state index in [4.69, 9.17) is 14.1 Å². The first-order chi connectivity index (χ1) is 16.0. The van der Waals surface area contributed by atoms with Gasteiger partial charge in [0.25, 0.3) is 0 Å². The number of aromatic nitrogens is 2. The molecule has 0 saturated carbocycles. The molecule has 5 rings (SSSR count). The van der Waals surface area contributed by atoms with Crippen LogP contribution in [0.5, 0.6) is 5.75 Å². The van der Waals surface area contributed by atoms with E-state index in [9.17, 15) is 4.79 Å². The molecule has 3 aromatic carbocycles. The highest BCUT2D eigenvalue weighted by atomic mass is 32.2. The second-order valence-corrected chi connectivity index (χ2v) is 8.85. The van der Waals surface area contributed by atoms with Gasteiger partial charge in [-0.1, -0.05) is 36.0 Å². The monoisotopic (exact) mass is 456 g/mol. The van der Waals surface area contributed by atoms with E-state index in [-0.39, 0.29) is 5.63 Å². The first-order valence-electron chi connectivity index (χ1n) is 10.9. The summed E-state index contributed by atoms with van der Waals surface area (Å²) in [5.74, 6) is 1.44. The van der Waals surface area contributed by atoms with Gasteiger partial charge in [-0.25, -0.2) is 9.78 Å². The molecule has 5 aromatic rings. The van der Waals surface area contributed by atoms with E-state index in [1.165, 1.54) is 0 Å². The van der Waals surface area contributed by atoms with Crippen LogP contribution in [0.3, 0.4) is 0 Å². The van der Waals surface area contributed by atoms with Gasteiger partial charge in [-0.2, -0.15) is 0 Å². The van der Waals surface area contributed by atoms with Gasteiger partial charge in [-0.05, 0) is 73.9 Å². The summed E-state index contributed by atoms with van der Waals surface area (Å²) >= 11 is 1.61. The molecule has 2 aromatic heterocycles. The van der Waals surface area contributed by atoms with Gasteiger partial charge in [0.05, 0.1) is 17.6 Å². The molecule has 0 aliphatic rings. The van der Waals surface area contributed by atoms with Crippen LogP contribution in [0.2, 0.25) is 0 Å². The van der Waals surface area contributed by atoms with Crippen molar-refractivity contribution in [2.45, 2.75) is 31.7 Å². The molecular weight excluding hydrogens is 432 g/mol. The summed E-state index contributed by atoms with van der Waals surface area (Å²) < 4.78 is 13.3. The highest BCUT2D eigenvalue weighted by Crippen LogP contribution is 2.32. The van der Waals surface area contributed by atoms with Crippen LogP contribution < -0.4 is 10.4 Å². The number of para-hydroxylation sites is 2. The summed E-state index contributed by atoms with van der Waals surface area (Å²) in [6, 6.07) is 21.8. The van der Waals surface area contributed by atoms with Crippen LogP contribution >= 0.6 is 11.8 Å². The van der Waals surface area contributed by atoms with Gasteiger partial charge in [0.15, 0.2) is 5.16 Å². The van der Waals surface area contributed by atoms with Crippen LogP contribution in [-0.4, -0.2) is 16.2 Å². The Kier molecular flexibility index (Phi) is 5.68. The first-order valence-corrected chi connectivity index (χ1v) is 11.9. The van der Waals surface area contributed by atoms with Crippen molar-refractivity contribution in [3.05, 3.63) is 93.8 Å². The van der Waals surface area contributed by atoms with Gasteiger partial charge in [0.2, 0.25) is 0 Å². The fourth-order valence-corrected chi connectivity index (χ4v) is 5.01. The molecule has 0 N–H and O–H groups in total. The number of hydrogen-bond acceptors (Lipinski definition) is 5. The molecule has 0 bridgehead atoms. The zero-order chi connectivity index (χ0) is 22.9. The standard InChI is InChI=1S/C27H24N2O3S/c1-4-31-21-12-10-20(11-13-21)29-24-8-6-5-7-23(24)28-27(29)33-16-19-15-25(30)32-26-18(3)17(2)9-14-22(19)26/h5-15H,4,16H2,1-3H3. The van der Waals surface area contributed by atoms with Crippen LogP contribution in [0.15, 0.2) is 81.1 Å². The van der Waals surface area contributed by atoms with Gasteiger partial charge >= 0.3 is 5.63 Å². The van der Waals surface area contributed by atoms with Crippen molar-refractivity contribution >= 4 is 33.8 Å². The zero-order valence-electron chi connectivity index (χ0n) is 18.8. The van der Waals surface area contributed by atoms with Gasteiger partial charge in [0, 0.05) is 22.9 Å². The maximum Gasteiger partial charge on any atom is 0.336 e. The van der Waals surface area contributed by atoms with Crippen molar-refractivity contribution in [1.29, 1.82) is 0 Å². The Hall–Kier alpha value is -3.51. The summed E-state index contributed by atoms with van der Waals surface area (Å²) in [7, 11) is 0. The largest absolute Gasteiger partial charge is 0.494 e. The third kappa shape index (κ3) is 4.02. The molecule has 6 heteroatoms. The average molecular weight is 457 g/mol. The lowest BCUT2D eigenvalue weighted by Crippen LogP contribution is -2.02. The minimum atomic E-state index is -0.327. The third-order valence-corrected chi connectivity index (χ3v) is 6.80. The third-order valence-electron chi connectivity index (χ3n) is 5.81. The van der Waals surface area contributed by atoms with Crippen LogP contribution in [-0.2, 0) is 5.75 Å². The Morgan fingerprint density at radius 1 is 1.03 bits per heavy atom. The molecule has 166 valence electrons. The summed E-state index contributed by atoms with van der Waals surface area (Å²) in [5, 5.41) is 1.83. The Bertz CT molecular complexity index is 1520. The Morgan fingerprint density at radius 2 is 1.82 bits per heavy atom. The number of fused-ring (bicyclic) bond motifs is 2. The molecular formula is C27H24N2O3S. The number of thioether (sulfide) groups is 1. The van der Waals surface area contributed by atoms with E-state index < -0.39 is 0 Å². The van der Waals surface area contributed by atoms with Gasteiger partial charge in [-0.3, -0.25) is 4.57 Å². The van der Waals surface area contributed by atoms with E-state index in [0.29, 0.717) is 17.9 Å². The molecule has 0 radical (unpaired) electrons. The fourth-order valence-electron chi connectivity index (χ4n) is 3.99. The van der Waals surface area contributed by atoms with Crippen LogP contribution in [0.4, 0.5) is 0 Å². The maximum atomic E-state index is 12.3. The van der Waals surface area contributed by atoms with E-state index in [1.807, 2.05) is 69.3 Å². The van der Waals surface area contributed by atoms with Crippen LogP contribution in [0.25, 0.3) is 27.7 Å². The van der Waals surface area contributed by atoms with E-state index in [1.54, 1.807) is 17.8 Å². The lowest BCUT2D eigenvalue weighted by molar-refractivity contribution is 0.340. The predicted molar refractivity (Wildman–Crippen MR) is 134 cm³/mol. The molecule has 0 spiro atoms. The maximum absolute atomic E-state index is 12.3. The molecule has 0 atom stereocenters. The van der Waals surface area contributed by atoms with Crippen molar-refractivity contribution in [3.63, 3.8) is 0 Å². The molecule has 0 saturated heterocycles. The summed E-state index contributed by atoms with van der Waals surface area (Å²) in [4.78, 5) is 17.2. The van der Waals surface area contributed by atoms with E-state index >= 15 is 0 Å². The number of ether oxygens (including phenoxy) is 1. The Labute approximate surface area is 196 Å². The van der Waals surface area contributed by atoms with Crippen molar-refractivity contribution in [2.24, 2.45) is 0 Å². The second kappa shape index (κ2) is 8.79. The number of aryl methyl sites for hydroxylation is 2. The Morgan fingerprint density at radius 3 is 2.61 bits per heavy atom. The molecule has 5 nitrogen and oxygen atoms in total. The Balaban J connectivity index is 1.56. The molecule has 2 heterocycles. The highest BCUT2D eigenvalue weighted by molar-refractivity contribution is 7.98. The first kappa shape index (κ1) is 21.3. The summed E-state index contributed by atoms with van der Waals surface area (Å²) in [5.41, 5.74) is 6.36. The summed E-state index contributed by atoms with van der Waals surface area (Å²) in [6.07, 6.45) is 0. The lowest BCUT2D eigenvalue weighted by Gasteiger charge is -2.11. The van der Waals surface area contributed by atoms with Gasteiger partial charge < -0.3 is 9.15 Å². The van der Waals surface area contributed by atoms with Gasteiger partial charge in [-0.15, -0.1) is 0 Å². The zero-order valence-corrected chi connectivity index (χ0v) is 19.6. The molecule has 0 unspecified atom stereocenters. The number of rotatable bonds is 6. The fraction of sp³-hybridized carbons (Fsp3) is 0.185. The average Bonchev–Trinajstić information content (AvgIpc) is 3.19. The van der Waals surface area contributed by atoms with Crippen LogP contribution in [0.1, 0.15) is 23.6 Å².